The normalized spacial score (nSPS) is 10.5. The van der Waals surface area contributed by atoms with E-state index in [0.29, 0.717) is 5.56 Å². The molecule has 3 heteroatoms. The SMILES string of the molecule is O=Cc1ccc(N(c2ccccc2)c2ccc(-c3cccc(-c4ccccn4)c3)cc2)cc1. The number of hydrogen-bond donors (Lipinski definition) is 0. The summed E-state index contributed by atoms with van der Waals surface area (Å²) in [6.45, 7) is 0. The second kappa shape index (κ2) is 9.33. The average molecular weight is 427 g/mol. The van der Waals surface area contributed by atoms with Crippen LogP contribution in [0.2, 0.25) is 0 Å². The first-order valence-corrected chi connectivity index (χ1v) is 10.8. The van der Waals surface area contributed by atoms with Gasteiger partial charge in [0, 0.05) is 34.4 Å². The Bertz CT molecular complexity index is 1350. The number of aldehydes is 1. The van der Waals surface area contributed by atoms with Crippen LogP contribution in [0, 0.1) is 0 Å². The standard InChI is InChI=1S/C30H22N2O/c33-22-23-12-16-28(17-13-23)32(27-9-2-1-3-10-27)29-18-14-24(15-19-29)25-7-6-8-26(21-25)30-11-4-5-20-31-30/h1-22H. The van der Waals surface area contributed by atoms with Gasteiger partial charge in [-0.3, -0.25) is 9.78 Å². The van der Waals surface area contributed by atoms with Crippen molar-refractivity contribution >= 4 is 23.3 Å². The predicted octanol–water partition coefficient (Wildman–Crippen LogP) is 7.70. The molecule has 5 rings (SSSR count). The van der Waals surface area contributed by atoms with Gasteiger partial charge in [-0.05, 0) is 77.9 Å². The van der Waals surface area contributed by atoms with Crippen molar-refractivity contribution in [3.05, 3.63) is 133 Å². The van der Waals surface area contributed by atoms with Gasteiger partial charge in [0.15, 0.2) is 0 Å². The zero-order valence-corrected chi connectivity index (χ0v) is 18.0. The van der Waals surface area contributed by atoms with E-state index in [9.17, 15) is 4.79 Å². The van der Waals surface area contributed by atoms with E-state index >= 15 is 0 Å². The van der Waals surface area contributed by atoms with Gasteiger partial charge in [-0.15, -0.1) is 0 Å². The van der Waals surface area contributed by atoms with Crippen molar-refractivity contribution in [2.45, 2.75) is 0 Å². The van der Waals surface area contributed by atoms with Crippen LogP contribution in [0.25, 0.3) is 22.4 Å². The number of aromatic nitrogens is 1. The lowest BCUT2D eigenvalue weighted by molar-refractivity contribution is 0.112. The van der Waals surface area contributed by atoms with Crippen molar-refractivity contribution in [2.24, 2.45) is 0 Å². The molecule has 3 nitrogen and oxygen atoms in total. The van der Waals surface area contributed by atoms with Crippen molar-refractivity contribution < 1.29 is 4.79 Å². The van der Waals surface area contributed by atoms with Crippen molar-refractivity contribution in [2.75, 3.05) is 4.90 Å². The van der Waals surface area contributed by atoms with E-state index in [2.05, 4.69) is 70.5 Å². The van der Waals surface area contributed by atoms with Crippen LogP contribution in [-0.2, 0) is 0 Å². The minimum atomic E-state index is 0.662. The van der Waals surface area contributed by atoms with Crippen LogP contribution in [0.4, 0.5) is 17.1 Å². The van der Waals surface area contributed by atoms with E-state index in [0.717, 1.165) is 45.7 Å². The first-order valence-electron chi connectivity index (χ1n) is 10.8. The molecule has 0 aliphatic rings. The van der Waals surface area contributed by atoms with Crippen LogP contribution < -0.4 is 4.90 Å². The van der Waals surface area contributed by atoms with Crippen LogP contribution in [0.15, 0.2) is 128 Å². The summed E-state index contributed by atoms with van der Waals surface area (Å²) >= 11 is 0. The van der Waals surface area contributed by atoms with Gasteiger partial charge in [0.1, 0.15) is 6.29 Å². The number of nitrogens with zero attached hydrogens (tertiary/aromatic N) is 2. The first kappa shape index (κ1) is 20.4. The van der Waals surface area contributed by atoms with Gasteiger partial charge in [-0.2, -0.15) is 0 Å². The molecule has 0 saturated carbocycles. The van der Waals surface area contributed by atoms with E-state index in [1.807, 2.05) is 66.9 Å². The van der Waals surface area contributed by atoms with Crippen molar-refractivity contribution in [1.29, 1.82) is 0 Å². The Morgan fingerprint density at radius 1 is 0.545 bits per heavy atom. The summed E-state index contributed by atoms with van der Waals surface area (Å²) in [5.74, 6) is 0. The van der Waals surface area contributed by atoms with Crippen molar-refractivity contribution in [1.82, 2.24) is 4.98 Å². The molecule has 5 aromatic rings. The monoisotopic (exact) mass is 426 g/mol. The molecule has 1 heterocycles. The highest BCUT2D eigenvalue weighted by Gasteiger charge is 2.12. The number of para-hydroxylation sites is 1. The Kier molecular flexibility index (Phi) is 5.77. The fourth-order valence-corrected chi connectivity index (χ4v) is 3.92. The van der Waals surface area contributed by atoms with Gasteiger partial charge in [-0.25, -0.2) is 0 Å². The Balaban J connectivity index is 1.50. The molecule has 0 spiro atoms. The van der Waals surface area contributed by atoms with E-state index in [1.165, 1.54) is 0 Å². The van der Waals surface area contributed by atoms with Crippen LogP contribution in [0.3, 0.4) is 0 Å². The zero-order chi connectivity index (χ0) is 22.5. The molecule has 0 atom stereocenters. The molecule has 0 aliphatic carbocycles. The summed E-state index contributed by atoms with van der Waals surface area (Å²) in [6, 6.07) is 40.8. The van der Waals surface area contributed by atoms with Crippen molar-refractivity contribution in [3.63, 3.8) is 0 Å². The highest BCUT2D eigenvalue weighted by molar-refractivity contribution is 5.81. The third kappa shape index (κ3) is 4.43. The minimum absolute atomic E-state index is 0.662. The van der Waals surface area contributed by atoms with Crippen LogP contribution in [0.1, 0.15) is 10.4 Å². The summed E-state index contributed by atoms with van der Waals surface area (Å²) in [4.78, 5) is 17.8. The Hall–Kier alpha value is -4.50. The lowest BCUT2D eigenvalue weighted by atomic mass is 10.0. The molecule has 158 valence electrons. The molecule has 1 aromatic heterocycles. The van der Waals surface area contributed by atoms with Gasteiger partial charge in [0.25, 0.3) is 0 Å². The smallest absolute Gasteiger partial charge is 0.150 e. The van der Waals surface area contributed by atoms with E-state index in [-0.39, 0.29) is 0 Å². The molecule has 0 unspecified atom stereocenters. The number of carbonyl (C=O) groups is 1. The average Bonchev–Trinajstić information content (AvgIpc) is 2.91. The predicted molar refractivity (Wildman–Crippen MR) is 135 cm³/mol. The van der Waals surface area contributed by atoms with Gasteiger partial charge in [0.2, 0.25) is 0 Å². The maximum Gasteiger partial charge on any atom is 0.150 e. The Morgan fingerprint density at radius 3 is 1.85 bits per heavy atom. The molecule has 33 heavy (non-hydrogen) atoms. The second-order valence-corrected chi connectivity index (χ2v) is 7.72. The Morgan fingerprint density at radius 2 is 1.18 bits per heavy atom. The molecule has 0 amide bonds. The van der Waals surface area contributed by atoms with E-state index in [1.54, 1.807) is 0 Å². The van der Waals surface area contributed by atoms with Gasteiger partial charge < -0.3 is 4.90 Å². The Labute approximate surface area is 193 Å². The summed E-state index contributed by atoms with van der Waals surface area (Å²) < 4.78 is 0. The van der Waals surface area contributed by atoms with Gasteiger partial charge >= 0.3 is 0 Å². The summed E-state index contributed by atoms with van der Waals surface area (Å²) in [5, 5.41) is 0. The molecule has 0 fully saturated rings. The first-order chi connectivity index (χ1) is 16.3. The summed E-state index contributed by atoms with van der Waals surface area (Å²) in [7, 11) is 0. The van der Waals surface area contributed by atoms with E-state index in [4.69, 9.17) is 0 Å². The number of pyridine rings is 1. The molecule has 0 saturated heterocycles. The summed E-state index contributed by atoms with van der Waals surface area (Å²) in [5.41, 5.74) is 8.10. The molecular weight excluding hydrogens is 404 g/mol. The highest BCUT2D eigenvalue weighted by Crippen LogP contribution is 2.35. The lowest BCUT2D eigenvalue weighted by Crippen LogP contribution is -2.09. The summed E-state index contributed by atoms with van der Waals surface area (Å²) in [6.07, 6.45) is 2.68. The number of hydrogen-bond acceptors (Lipinski definition) is 3. The van der Waals surface area contributed by atoms with Crippen LogP contribution in [-0.4, -0.2) is 11.3 Å². The van der Waals surface area contributed by atoms with Gasteiger partial charge in [-0.1, -0.05) is 54.6 Å². The molecule has 0 aliphatic heterocycles. The number of carbonyl (C=O) groups excluding carboxylic acids is 1. The quantitative estimate of drug-likeness (QED) is 0.261. The van der Waals surface area contributed by atoms with E-state index < -0.39 is 0 Å². The molecular formula is C30H22N2O. The number of anilines is 3. The molecule has 0 bridgehead atoms. The second-order valence-electron chi connectivity index (χ2n) is 7.72. The fraction of sp³-hybridized carbons (Fsp3) is 0. The number of benzene rings is 4. The maximum absolute atomic E-state index is 11.1. The largest absolute Gasteiger partial charge is 0.311 e. The van der Waals surface area contributed by atoms with Gasteiger partial charge in [0.05, 0.1) is 5.69 Å². The minimum Gasteiger partial charge on any atom is -0.311 e. The van der Waals surface area contributed by atoms with Crippen LogP contribution >= 0.6 is 0 Å². The number of rotatable bonds is 6. The molecule has 0 N–H and O–H groups in total. The fourth-order valence-electron chi connectivity index (χ4n) is 3.92. The lowest BCUT2D eigenvalue weighted by Gasteiger charge is -2.25. The highest BCUT2D eigenvalue weighted by atomic mass is 16.1. The zero-order valence-electron chi connectivity index (χ0n) is 18.0. The topological polar surface area (TPSA) is 33.2 Å². The van der Waals surface area contributed by atoms with Crippen LogP contribution in [0.5, 0.6) is 0 Å². The maximum atomic E-state index is 11.1. The molecule has 4 aromatic carbocycles. The third-order valence-corrected chi connectivity index (χ3v) is 5.58. The van der Waals surface area contributed by atoms with Crippen molar-refractivity contribution in [3.8, 4) is 22.4 Å². The third-order valence-electron chi connectivity index (χ3n) is 5.58. The molecule has 0 radical (unpaired) electrons.